The highest BCUT2D eigenvalue weighted by atomic mass is 79.9. The summed E-state index contributed by atoms with van der Waals surface area (Å²) in [6.45, 7) is 2.30. The molecule has 1 aliphatic rings. The Kier molecular flexibility index (Phi) is 3.62. The fourth-order valence-electron chi connectivity index (χ4n) is 1.95. The third-order valence-corrected chi connectivity index (χ3v) is 3.30. The Balaban J connectivity index is 2.17. The number of halogens is 1. The standard InChI is InChI=1S/C13H13BrO3/c1-2-5-17-13(16)11-6-8-3-4-9(14)7-10(8)12(11)15/h3-4,7,11H,2,5-6H2,1H3. The molecule has 3 nitrogen and oxygen atoms in total. The van der Waals surface area contributed by atoms with Gasteiger partial charge in [0.15, 0.2) is 5.78 Å². The lowest BCUT2D eigenvalue weighted by atomic mass is 10.1. The van der Waals surface area contributed by atoms with E-state index in [9.17, 15) is 9.59 Å². The number of hydrogen-bond acceptors (Lipinski definition) is 3. The zero-order valence-electron chi connectivity index (χ0n) is 9.53. The molecule has 17 heavy (non-hydrogen) atoms. The number of carbonyl (C=O) groups excluding carboxylic acids is 2. The van der Waals surface area contributed by atoms with Gasteiger partial charge >= 0.3 is 5.97 Å². The van der Waals surface area contributed by atoms with E-state index in [-0.39, 0.29) is 5.78 Å². The monoisotopic (exact) mass is 296 g/mol. The predicted octanol–water partition coefficient (Wildman–Crippen LogP) is 2.76. The van der Waals surface area contributed by atoms with Crippen LogP contribution in [-0.2, 0) is 16.0 Å². The second kappa shape index (κ2) is 5.00. The highest BCUT2D eigenvalue weighted by Crippen LogP contribution is 2.29. The van der Waals surface area contributed by atoms with Crippen LogP contribution in [0.4, 0.5) is 0 Å². The number of ether oxygens (including phenoxy) is 1. The maximum Gasteiger partial charge on any atom is 0.317 e. The molecule has 2 rings (SSSR count). The molecule has 0 aromatic heterocycles. The highest BCUT2D eigenvalue weighted by Gasteiger charge is 2.36. The van der Waals surface area contributed by atoms with Crippen molar-refractivity contribution in [1.29, 1.82) is 0 Å². The molecule has 1 unspecified atom stereocenters. The van der Waals surface area contributed by atoms with Gasteiger partial charge in [0.05, 0.1) is 6.61 Å². The lowest BCUT2D eigenvalue weighted by Gasteiger charge is -2.07. The molecule has 1 aromatic rings. The second-order valence-corrected chi connectivity index (χ2v) is 5.01. The van der Waals surface area contributed by atoms with Crippen molar-refractivity contribution in [3.05, 3.63) is 33.8 Å². The first-order valence-electron chi connectivity index (χ1n) is 5.62. The summed E-state index contributed by atoms with van der Waals surface area (Å²) in [6, 6.07) is 5.53. The first-order valence-corrected chi connectivity index (χ1v) is 6.42. The van der Waals surface area contributed by atoms with Gasteiger partial charge in [-0.1, -0.05) is 28.9 Å². The van der Waals surface area contributed by atoms with Crippen LogP contribution in [0.25, 0.3) is 0 Å². The van der Waals surface area contributed by atoms with E-state index in [0.29, 0.717) is 18.6 Å². The van der Waals surface area contributed by atoms with Gasteiger partial charge in [-0.3, -0.25) is 9.59 Å². The van der Waals surface area contributed by atoms with Crippen LogP contribution in [0.3, 0.4) is 0 Å². The zero-order valence-corrected chi connectivity index (χ0v) is 11.1. The Morgan fingerprint density at radius 2 is 2.29 bits per heavy atom. The van der Waals surface area contributed by atoms with Crippen molar-refractivity contribution < 1.29 is 14.3 Å². The Hall–Kier alpha value is -1.16. The number of fused-ring (bicyclic) bond motifs is 1. The molecule has 4 heteroatoms. The van der Waals surface area contributed by atoms with E-state index in [1.807, 2.05) is 19.1 Å². The van der Waals surface area contributed by atoms with Crippen molar-refractivity contribution in [2.45, 2.75) is 19.8 Å². The average Bonchev–Trinajstić information content (AvgIpc) is 2.64. The third-order valence-electron chi connectivity index (χ3n) is 2.81. The number of carbonyl (C=O) groups is 2. The molecule has 0 heterocycles. The first kappa shape index (κ1) is 12.3. The fourth-order valence-corrected chi connectivity index (χ4v) is 2.31. The normalized spacial score (nSPS) is 18.0. The van der Waals surface area contributed by atoms with Crippen molar-refractivity contribution in [2.24, 2.45) is 5.92 Å². The molecule has 1 aromatic carbocycles. The van der Waals surface area contributed by atoms with Crippen LogP contribution < -0.4 is 0 Å². The summed E-state index contributed by atoms with van der Waals surface area (Å²) >= 11 is 3.32. The number of Topliss-reactive ketones (excluding diaryl/α,β-unsaturated/α-hetero) is 1. The Bertz CT molecular complexity index is 468. The number of ketones is 1. The number of benzene rings is 1. The van der Waals surface area contributed by atoms with Gasteiger partial charge in [0, 0.05) is 10.0 Å². The summed E-state index contributed by atoms with van der Waals surface area (Å²) < 4.78 is 5.89. The molecule has 0 N–H and O–H groups in total. The molecule has 0 bridgehead atoms. The molecular formula is C13H13BrO3. The van der Waals surface area contributed by atoms with Crippen LogP contribution in [0.2, 0.25) is 0 Å². The minimum absolute atomic E-state index is 0.123. The van der Waals surface area contributed by atoms with Crippen molar-refractivity contribution in [1.82, 2.24) is 0 Å². The molecular weight excluding hydrogens is 284 g/mol. The molecule has 0 radical (unpaired) electrons. The minimum Gasteiger partial charge on any atom is -0.465 e. The van der Waals surface area contributed by atoms with E-state index in [1.165, 1.54) is 0 Å². The van der Waals surface area contributed by atoms with E-state index in [0.717, 1.165) is 16.5 Å². The number of rotatable bonds is 3. The van der Waals surface area contributed by atoms with Crippen molar-refractivity contribution in [3.63, 3.8) is 0 Å². The number of hydrogen-bond donors (Lipinski definition) is 0. The van der Waals surface area contributed by atoms with Gasteiger partial charge in [0.2, 0.25) is 0 Å². The SMILES string of the molecule is CCCOC(=O)C1Cc2ccc(Br)cc2C1=O. The highest BCUT2D eigenvalue weighted by molar-refractivity contribution is 9.10. The van der Waals surface area contributed by atoms with Gasteiger partial charge in [-0.05, 0) is 30.5 Å². The Labute approximate surface area is 108 Å². The smallest absolute Gasteiger partial charge is 0.317 e. The molecule has 0 amide bonds. The van der Waals surface area contributed by atoms with Crippen LogP contribution >= 0.6 is 15.9 Å². The van der Waals surface area contributed by atoms with Crippen LogP contribution in [0.5, 0.6) is 0 Å². The lowest BCUT2D eigenvalue weighted by Crippen LogP contribution is -2.23. The molecule has 0 saturated heterocycles. The maximum atomic E-state index is 12.0. The van der Waals surface area contributed by atoms with Crippen molar-refractivity contribution in [2.75, 3.05) is 6.61 Å². The second-order valence-electron chi connectivity index (χ2n) is 4.09. The van der Waals surface area contributed by atoms with Gasteiger partial charge in [0.25, 0.3) is 0 Å². The molecule has 0 saturated carbocycles. The van der Waals surface area contributed by atoms with Gasteiger partial charge < -0.3 is 4.74 Å². The summed E-state index contributed by atoms with van der Waals surface area (Å²) in [6.07, 6.45) is 1.23. The summed E-state index contributed by atoms with van der Waals surface area (Å²) in [4.78, 5) is 23.7. The largest absolute Gasteiger partial charge is 0.465 e. The maximum absolute atomic E-state index is 12.0. The van der Waals surface area contributed by atoms with Gasteiger partial charge in [-0.2, -0.15) is 0 Å². The van der Waals surface area contributed by atoms with Gasteiger partial charge in [0.1, 0.15) is 5.92 Å². The quantitative estimate of drug-likeness (QED) is 0.636. The van der Waals surface area contributed by atoms with Gasteiger partial charge in [-0.25, -0.2) is 0 Å². The molecule has 90 valence electrons. The van der Waals surface area contributed by atoms with Crippen molar-refractivity contribution >= 4 is 27.7 Å². The summed E-state index contributed by atoms with van der Waals surface area (Å²) in [7, 11) is 0. The molecule has 0 fully saturated rings. The average molecular weight is 297 g/mol. The summed E-state index contributed by atoms with van der Waals surface area (Å²) in [5.74, 6) is -1.17. The van der Waals surface area contributed by atoms with Crippen LogP contribution in [0.15, 0.2) is 22.7 Å². The van der Waals surface area contributed by atoms with E-state index in [2.05, 4.69) is 15.9 Å². The van der Waals surface area contributed by atoms with Crippen LogP contribution in [-0.4, -0.2) is 18.4 Å². The molecule has 1 aliphatic carbocycles. The molecule has 0 spiro atoms. The van der Waals surface area contributed by atoms with Crippen LogP contribution in [0.1, 0.15) is 29.3 Å². The summed E-state index contributed by atoms with van der Waals surface area (Å²) in [5.41, 5.74) is 1.56. The first-order chi connectivity index (χ1) is 8.13. The Morgan fingerprint density at radius 3 is 3.00 bits per heavy atom. The van der Waals surface area contributed by atoms with E-state index < -0.39 is 11.9 Å². The Morgan fingerprint density at radius 1 is 1.53 bits per heavy atom. The zero-order chi connectivity index (χ0) is 12.4. The molecule has 0 aliphatic heterocycles. The van der Waals surface area contributed by atoms with E-state index >= 15 is 0 Å². The van der Waals surface area contributed by atoms with E-state index in [1.54, 1.807) is 6.07 Å². The summed E-state index contributed by atoms with van der Waals surface area (Å²) in [5, 5.41) is 0. The van der Waals surface area contributed by atoms with E-state index in [4.69, 9.17) is 4.74 Å². The number of esters is 1. The third kappa shape index (κ3) is 2.41. The minimum atomic E-state index is -0.647. The topological polar surface area (TPSA) is 43.4 Å². The van der Waals surface area contributed by atoms with Crippen molar-refractivity contribution in [3.8, 4) is 0 Å². The molecule has 1 atom stereocenters. The lowest BCUT2D eigenvalue weighted by molar-refractivity contribution is -0.146. The van der Waals surface area contributed by atoms with Gasteiger partial charge in [-0.15, -0.1) is 0 Å². The van der Waals surface area contributed by atoms with Crippen LogP contribution in [0, 0.1) is 5.92 Å². The fraction of sp³-hybridized carbons (Fsp3) is 0.385. The predicted molar refractivity (Wildman–Crippen MR) is 66.9 cm³/mol.